The minimum Gasteiger partial charge on any atom is -0.461 e. The van der Waals surface area contributed by atoms with Crippen molar-refractivity contribution >= 4 is 5.97 Å². The number of hydrogen-bond donors (Lipinski definition) is 1. The van der Waals surface area contributed by atoms with Crippen molar-refractivity contribution in [2.45, 2.75) is 51.9 Å². The molecule has 1 N–H and O–H groups in total. The normalized spacial score (nSPS) is 38.9. The Hall–Kier alpha value is -1.69. The molecule has 0 aromatic heterocycles. The van der Waals surface area contributed by atoms with Crippen LogP contribution in [-0.4, -0.2) is 65.8 Å². The lowest BCUT2D eigenvalue weighted by Gasteiger charge is -2.52. The van der Waals surface area contributed by atoms with Crippen LogP contribution in [-0.2, 0) is 16.1 Å². The van der Waals surface area contributed by atoms with Crippen molar-refractivity contribution in [2.75, 3.05) is 32.7 Å². The van der Waals surface area contributed by atoms with E-state index in [-0.39, 0.29) is 29.3 Å². The molecule has 3 fully saturated rings. The Kier molecular flexibility index (Phi) is 5.70. The van der Waals surface area contributed by atoms with Crippen molar-refractivity contribution in [3.05, 3.63) is 47.5 Å². The van der Waals surface area contributed by atoms with Gasteiger partial charge in [-0.1, -0.05) is 55.8 Å². The Morgan fingerprint density at radius 2 is 1.84 bits per heavy atom. The second-order valence-electron chi connectivity index (χ2n) is 10.4. The number of piperazine rings is 1. The average Bonchev–Trinajstić information content (AvgIpc) is 3.07. The van der Waals surface area contributed by atoms with Gasteiger partial charge in [-0.05, 0) is 24.3 Å². The number of carbonyl (C=O) groups excluding carboxylic acids is 1. The summed E-state index contributed by atoms with van der Waals surface area (Å²) in [5, 5.41) is 11.5. The molecule has 4 aliphatic rings. The summed E-state index contributed by atoms with van der Waals surface area (Å²) in [6, 6.07) is 10.6. The van der Waals surface area contributed by atoms with E-state index in [1.54, 1.807) is 0 Å². The van der Waals surface area contributed by atoms with Gasteiger partial charge >= 0.3 is 5.97 Å². The second kappa shape index (κ2) is 8.34. The number of benzene rings is 1. The van der Waals surface area contributed by atoms with Gasteiger partial charge in [-0.3, -0.25) is 14.6 Å². The highest BCUT2D eigenvalue weighted by Gasteiger charge is 2.59. The van der Waals surface area contributed by atoms with Gasteiger partial charge in [0, 0.05) is 57.0 Å². The highest BCUT2D eigenvalue weighted by molar-refractivity contribution is 5.76. The van der Waals surface area contributed by atoms with Crippen LogP contribution in [0, 0.1) is 23.2 Å². The first-order valence-corrected chi connectivity index (χ1v) is 12.0. The summed E-state index contributed by atoms with van der Waals surface area (Å²) >= 11 is 0. The number of hydrogen-bond acceptors (Lipinski definition) is 5. The monoisotopic (exact) mass is 424 g/mol. The highest BCUT2D eigenvalue weighted by Crippen LogP contribution is 2.56. The smallest absolute Gasteiger partial charge is 0.311 e. The molecule has 2 aliphatic heterocycles. The minimum atomic E-state index is -0.511. The molecule has 1 saturated carbocycles. The summed E-state index contributed by atoms with van der Waals surface area (Å²) in [6.07, 6.45) is 4.61. The maximum absolute atomic E-state index is 12.9. The van der Waals surface area contributed by atoms with Gasteiger partial charge in [-0.15, -0.1) is 0 Å². The Labute approximate surface area is 186 Å². The van der Waals surface area contributed by atoms with Crippen LogP contribution < -0.4 is 0 Å². The molecule has 168 valence electrons. The topological polar surface area (TPSA) is 53.0 Å². The van der Waals surface area contributed by atoms with Gasteiger partial charge in [0.25, 0.3) is 0 Å². The van der Waals surface area contributed by atoms with Gasteiger partial charge in [-0.2, -0.15) is 0 Å². The van der Waals surface area contributed by atoms with Crippen LogP contribution in [0.1, 0.15) is 38.7 Å². The maximum Gasteiger partial charge on any atom is 0.311 e. The maximum atomic E-state index is 12.9. The first-order chi connectivity index (χ1) is 15.0. The fourth-order valence-corrected chi connectivity index (χ4v) is 6.52. The van der Waals surface area contributed by atoms with E-state index >= 15 is 0 Å². The Morgan fingerprint density at radius 1 is 1.13 bits per heavy atom. The number of carbonyl (C=O) groups is 1. The molecule has 1 aromatic carbocycles. The number of nitrogens with zero attached hydrogens (tertiary/aromatic N) is 2. The lowest BCUT2D eigenvalue weighted by atomic mass is 9.55. The number of rotatable bonds is 4. The number of allylic oxidation sites excluding steroid dienone is 1. The number of aliphatic hydroxyl groups excluding tert-OH is 1. The summed E-state index contributed by atoms with van der Waals surface area (Å²) in [4.78, 5) is 17.8. The Balaban J connectivity index is 1.24. The van der Waals surface area contributed by atoms with E-state index in [1.807, 2.05) is 0 Å². The largest absolute Gasteiger partial charge is 0.461 e. The van der Waals surface area contributed by atoms with E-state index in [2.05, 4.69) is 60.1 Å². The first-order valence-electron chi connectivity index (χ1n) is 12.0. The predicted octanol–water partition coefficient (Wildman–Crippen LogP) is 3.09. The zero-order valence-electron chi connectivity index (χ0n) is 18.9. The van der Waals surface area contributed by atoms with Crippen molar-refractivity contribution in [3.8, 4) is 0 Å². The van der Waals surface area contributed by atoms with Crippen LogP contribution in [0.5, 0.6) is 0 Å². The lowest BCUT2D eigenvalue weighted by Crippen LogP contribution is -2.55. The molecule has 5 heteroatoms. The van der Waals surface area contributed by atoms with E-state index in [0.29, 0.717) is 12.5 Å². The fraction of sp³-hybridized carbons (Fsp3) is 0.654. The molecule has 2 heterocycles. The predicted molar refractivity (Wildman–Crippen MR) is 120 cm³/mol. The van der Waals surface area contributed by atoms with Crippen molar-refractivity contribution in [3.63, 3.8) is 0 Å². The molecule has 2 aliphatic carbocycles. The molecular formula is C26H36N2O3. The van der Waals surface area contributed by atoms with E-state index in [1.165, 1.54) is 11.1 Å². The standard InChI is InChI=1S/C26H36N2O3/c1-18-7-6-10-20-15-22-23(24(29)26(18,20)2)21(25(30)31-22)17-28-13-11-27(12-14-28)16-19-8-4-3-5-9-19/h3-5,8-10,18,21-24,29H,6-7,11-17H2,1-2H3/t18-,21-,22+,23+,24-,26+/m0/s1. The fourth-order valence-electron chi connectivity index (χ4n) is 6.52. The van der Waals surface area contributed by atoms with Gasteiger partial charge in [0.05, 0.1) is 12.0 Å². The molecule has 0 unspecified atom stereocenters. The number of fused-ring (bicyclic) bond motifs is 2. The van der Waals surface area contributed by atoms with Gasteiger partial charge in [0.1, 0.15) is 6.10 Å². The van der Waals surface area contributed by atoms with Crippen LogP contribution in [0.4, 0.5) is 0 Å². The first kappa shape index (κ1) is 21.2. The number of esters is 1. The molecular weight excluding hydrogens is 388 g/mol. The third-order valence-corrected chi connectivity index (χ3v) is 8.74. The summed E-state index contributed by atoms with van der Waals surface area (Å²) in [7, 11) is 0. The molecule has 1 aromatic rings. The molecule has 5 nitrogen and oxygen atoms in total. The molecule has 0 amide bonds. The van der Waals surface area contributed by atoms with Crippen molar-refractivity contribution < 1.29 is 14.6 Å². The van der Waals surface area contributed by atoms with E-state index in [0.717, 1.165) is 52.0 Å². The van der Waals surface area contributed by atoms with E-state index < -0.39 is 6.10 Å². The van der Waals surface area contributed by atoms with Crippen LogP contribution in [0.15, 0.2) is 42.0 Å². The summed E-state index contributed by atoms with van der Waals surface area (Å²) in [5.74, 6) is 0.0309. The van der Waals surface area contributed by atoms with Gasteiger partial charge in [0.2, 0.25) is 0 Å². The molecule has 0 bridgehead atoms. The molecule has 31 heavy (non-hydrogen) atoms. The zero-order chi connectivity index (χ0) is 21.6. The van der Waals surface area contributed by atoms with E-state index in [4.69, 9.17) is 4.74 Å². The van der Waals surface area contributed by atoms with Crippen molar-refractivity contribution in [1.29, 1.82) is 0 Å². The lowest BCUT2D eigenvalue weighted by molar-refractivity contribution is -0.145. The van der Waals surface area contributed by atoms with Crippen molar-refractivity contribution in [2.24, 2.45) is 23.2 Å². The summed E-state index contributed by atoms with van der Waals surface area (Å²) in [5.41, 5.74) is 2.44. The van der Waals surface area contributed by atoms with Crippen LogP contribution in [0.2, 0.25) is 0 Å². The molecule has 2 saturated heterocycles. The highest BCUT2D eigenvalue weighted by atomic mass is 16.6. The molecule has 6 atom stereocenters. The SMILES string of the molecule is C[C@H]1CCC=C2C[C@H]3OC(=O)[C@@H](CN4CCN(Cc5ccccc5)CC4)[C@H]3[C@H](O)[C@@]21C. The molecule has 5 rings (SSSR count). The number of ether oxygens (including phenoxy) is 1. The van der Waals surface area contributed by atoms with Crippen LogP contribution in [0.3, 0.4) is 0 Å². The zero-order valence-corrected chi connectivity index (χ0v) is 18.9. The molecule has 0 spiro atoms. The van der Waals surface area contributed by atoms with Crippen LogP contribution in [0.25, 0.3) is 0 Å². The summed E-state index contributed by atoms with van der Waals surface area (Å²) < 4.78 is 5.84. The quantitative estimate of drug-likeness (QED) is 0.595. The Morgan fingerprint density at radius 3 is 2.58 bits per heavy atom. The van der Waals surface area contributed by atoms with Gasteiger partial charge in [-0.25, -0.2) is 0 Å². The average molecular weight is 425 g/mol. The molecule has 0 radical (unpaired) electrons. The second-order valence-corrected chi connectivity index (χ2v) is 10.4. The van der Waals surface area contributed by atoms with Crippen molar-refractivity contribution in [1.82, 2.24) is 9.80 Å². The Bertz CT molecular complexity index is 832. The summed E-state index contributed by atoms with van der Waals surface area (Å²) in [6.45, 7) is 10.1. The van der Waals surface area contributed by atoms with Crippen LogP contribution >= 0.6 is 0 Å². The third-order valence-electron chi connectivity index (χ3n) is 8.74. The van der Waals surface area contributed by atoms with E-state index in [9.17, 15) is 9.90 Å². The third kappa shape index (κ3) is 3.75. The van der Waals surface area contributed by atoms with Gasteiger partial charge < -0.3 is 9.84 Å². The minimum absolute atomic E-state index is 0.0856. The number of aliphatic hydroxyl groups is 1. The van der Waals surface area contributed by atoms with Gasteiger partial charge in [0.15, 0.2) is 0 Å².